The van der Waals surface area contributed by atoms with E-state index in [2.05, 4.69) is 35.8 Å². The van der Waals surface area contributed by atoms with Gasteiger partial charge in [0, 0.05) is 5.56 Å². The summed E-state index contributed by atoms with van der Waals surface area (Å²) in [4.78, 5) is -0.168. The summed E-state index contributed by atoms with van der Waals surface area (Å²) in [7, 11) is 1.66. The number of methoxy groups -OCH3 is 1. The second kappa shape index (κ2) is 4.80. The summed E-state index contributed by atoms with van der Waals surface area (Å²) in [6.45, 7) is 4.31. The molecule has 0 radical (unpaired) electrons. The molecule has 0 aliphatic rings. The molecule has 1 unspecified atom stereocenters. The van der Waals surface area contributed by atoms with Gasteiger partial charge in [0.1, 0.15) is 5.75 Å². The fourth-order valence-corrected chi connectivity index (χ4v) is 1.69. The van der Waals surface area contributed by atoms with Gasteiger partial charge in [-0.25, -0.2) is 0 Å². The van der Waals surface area contributed by atoms with E-state index in [0.717, 1.165) is 11.3 Å². The monoisotopic (exact) mass is 257 g/mol. The Kier molecular flexibility index (Phi) is 3.96. The number of ether oxygens (including phenoxy) is 1. The molecule has 0 saturated heterocycles. The molecule has 0 spiro atoms. The van der Waals surface area contributed by atoms with Gasteiger partial charge in [-0.2, -0.15) is 0 Å². The first kappa shape index (κ1) is 11.5. The Balaban J connectivity index is 3.11. The summed E-state index contributed by atoms with van der Waals surface area (Å²) in [6.07, 6.45) is 0. The van der Waals surface area contributed by atoms with Crippen molar-refractivity contribution in [2.24, 2.45) is 5.73 Å². The van der Waals surface area contributed by atoms with Crippen LogP contribution in [0.15, 0.2) is 18.2 Å². The SMILES string of the molecule is COc1cc(C(C)C)ccc1C(N)Br. The molecule has 0 aliphatic heterocycles. The van der Waals surface area contributed by atoms with Crippen LogP contribution in [0.1, 0.15) is 35.8 Å². The van der Waals surface area contributed by atoms with Crippen LogP contribution in [-0.2, 0) is 0 Å². The smallest absolute Gasteiger partial charge is 0.124 e. The summed E-state index contributed by atoms with van der Waals surface area (Å²) < 4.78 is 5.29. The van der Waals surface area contributed by atoms with Crippen molar-refractivity contribution in [3.63, 3.8) is 0 Å². The van der Waals surface area contributed by atoms with Gasteiger partial charge in [-0.1, -0.05) is 41.9 Å². The summed E-state index contributed by atoms with van der Waals surface area (Å²) in [5.74, 6) is 1.35. The van der Waals surface area contributed by atoms with Crippen molar-refractivity contribution in [3.05, 3.63) is 29.3 Å². The van der Waals surface area contributed by atoms with E-state index >= 15 is 0 Å². The number of halogens is 1. The number of hydrogen-bond donors (Lipinski definition) is 1. The van der Waals surface area contributed by atoms with Gasteiger partial charge in [-0.3, -0.25) is 0 Å². The van der Waals surface area contributed by atoms with Crippen molar-refractivity contribution in [1.82, 2.24) is 0 Å². The molecule has 78 valence electrons. The van der Waals surface area contributed by atoms with Crippen molar-refractivity contribution < 1.29 is 4.74 Å². The standard InChI is InChI=1S/C11H16BrNO/c1-7(2)8-4-5-9(11(12)13)10(6-8)14-3/h4-7,11H,13H2,1-3H3. The van der Waals surface area contributed by atoms with E-state index < -0.39 is 0 Å². The van der Waals surface area contributed by atoms with Crippen LogP contribution in [0.4, 0.5) is 0 Å². The van der Waals surface area contributed by atoms with Crippen LogP contribution in [0.2, 0.25) is 0 Å². The Hall–Kier alpha value is -0.540. The first-order chi connectivity index (χ1) is 6.56. The molecule has 0 bridgehead atoms. The molecule has 2 nitrogen and oxygen atoms in total. The zero-order chi connectivity index (χ0) is 10.7. The topological polar surface area (TPSA) is 35.2 Å². The van der Waals surface area contributed by atoms with E-state index in [1.54, 1.807) is 7.11 Å². The zero-order valence-corrected chi connectivity index (χ0v) is 10.3. The first-order valence-electron chi connectivity index (χ1n) is 4.63. The van der Waals surface area contributed by atoms with Crippen molar-refractivity contribution in [2.75, 3.05) is 7.11 Å². The molecule has 2 N–H and O–H groups in total. The minimum atomic E-state index is -0.168. The third-order valence-corrected chi connectivity index (χ3v) is 2.71. The van der Waals surface area contributed by atoms with Gasteiger partial charge in [0.05, 0.1) is 12.1 Å². The van der Waals surface area contributed by atoms with Crippen LogP contribution in [-0.4, -0.2) is 7.11 Å². The largest absolute Gasteiger partial charge is 0.496 e. The lowest BCUT2D eigenvalue weighted by atomic mass is 10.0. The third-order valence-electron chi connectivity index (χ3n) is 2.22. The van der Waals surface area contributed by atoms with E-state index in [-0.39, 0.29) is 4.95 Å². The van der Waals surface area contributed by atoms with Crippen molar-refractivity contribution >= 4 is 15.9 Å². The number of hydrogen-bond acceptors (Lipinski definition) is 2. The average molecular weight is 258 g/mol. The second-order valence-electron chi connectivity index (χ2n) is 3.56. The molecule has 0 aliphatic carbocycles. The Bertz CT molecular complexity index is 310. The van der Waals surface area contributed by atoms with Gasteiger partial charge in [0.25, 0.3) is 0 Å². The molecule has 0 saturated carbocycles. The molecule has 0 aromatic heterocycles. The quantitative estimate of drug-likeness (QED) is 0.667. The molecular formula is C11H16BrNO. The maximum absolute atomic E-state index is 5.75. The average Bonchev–Trinajstić information content (AvgIpc) is 2.16. The normalized spacial score (nSPS) is 13.0. The van der Waals surface area contributed by atoms with Gasteiger partial charge >= 0.3 is 0 Å². The third kappa shape index (κ3) is 2.49. The summed E-state index contributed by atoms with van der Waals surface area (Å²) in [5, 5.41) is 0. The van der Waals surface area contributed by atoms with E-state index in [1.807, 2.05) is 12.1 Å². The highest BCUT2D eigenvalue weighted by Gasteiger charge is 2.10. The van der Waals surface area contributed by atoms with Gasteiger partial charge < -0.3 is 10.5 Å². The predicted octanol–water partition coefficient (Wildman–Crippen LogP) is 3.17. The molecular weight excluding hydrogens is 242 g/mol. The van der Waals surface area contributed by atoms with Crippen LogP contribution in [0.3, 0.4) is 0 Å². The van der Waals surface area contributed by atoms with Crippen LogP contribution in [0, 0.1) is 0 Å². The molecule has 0 fully saturated rings. The zero-order valence-electron chi connectivity index (χ0n) is 8.75. The summed E-state index contributed by atoms with van der Waals surface area (Å²) >= 11 is 3.33. The van der Waals surface area contributed by atoms with Gasteiger partial charge in [-0.05, 0) is 17.5 Å². The van der Waals surface area contributed by atoms with Crippen LogP contribution >= 0.6 is 15.9 Å². The van der Waals surface area contributed by atoms with Gasteiger partial charge in [-0.15, -0.1) is 0 Å². The molecule has 3 heteroatoms. The van der Waals surface area contributed by atoms with Crippen LogP contribution in [0.25, 0.3) is 0 Å². The molecule has 0 heterocycles. The van der Waals surface area contributed by atoms with Crippen molar-refractivity contribution in [3.8, 4) is 5.75 Å². The van der Waals surface area contributed by atoms with Crippen molar-refractivity contribution in [2.45, 2.75) is 24.7 Å². The number of nitrogens with two attached hydrogens (primary N) is 1. The summed E-state index contributed by atoms with van der Waals surface area (Å²) in [6, 6.07) is 6.14. The molecule has 14 heavy (non-hydrogen) atoms. The Morgan fingerprint density at radius 3 is 2.43 bits per heavy atom. The predicted molar refractivity (Wildman–Crippen MR) is 62.9 cm³/mol. The molecule has 0 amide bonds. The second-order valence-corrected chi connectivity index (χ2v) is 4.54. The molecule has 1 atom stereocenters. The fraction of sp³-hybridized carbons (Fsp3) is 0.455. The highest BCUT2D eigenvalue weighted by atomic mass is 79.9. The molecule has 1 rings (SSSR count). The highest BCUT2D eigenvalue weighted by molar-refractivity contribution is 9.09. The van der Waals surface area contributed by atoms with E-state index in [4.69, 9.17) is 10.5 Å². The Labute approximate surface area is 93.6 Å². The van der Waals surface area contributed by atoms with Gasteiger partial charge in [0.15, 0.2) is 0 Å². The maximum Gasteiger partial charge on any atom is 0.124 e. The minimum Gasteiger partial charge on any atom is -0.496 e. The lowest BCUT2D eigenvalue weighted by Gasteiger charge is -2.13. The van der Waals surface area contributed by atoms with E-state index in [1.165, 1.54) is 5.56 Å². The van der Waals surface area contributed by atoms with E-state index in [0.29, 0.717) is 5.92 Å². The first-order valence-corrected chi connectivity index (χ1v) is 5.55. The van der Waals surface area contributed by atoms with Gasteiger partial charge in [0.2, 0.25) is 0 Å². The van der Waals surface area contributed by atoms with E-state index in [9.17, 15) is 0 Å². The lowest BCUT2D eigenvalue weighted by Crippen LogP contribution is -2.04. The van der Waals surface area contributed by atoms with Crippen molar-refractivity contribution in [1.29, 1.82) is 0 Å². The number of benzene rings is 1. The highest BCUT2D eigenvalue weighted by Crippen LogP contribution is 2.30. The Morgan fingerprint density at radius 1 is 1.36 bits per heavy atom. The molecule has 1 aromatic rings. The number of rotatable bonds is 3. The maximum atomic E-state index is 5.75. The Morgan fingerprint density at radius 2 is 2.00 bits per heavy atom. The minimum absolute atomic E-state index is 0.168. The fourth-order valence-electron chi connectivity index (χ4n) is 1.31. The lowest BCUT2D eigenvalue weighted by molar-refractivity contribution is 0.409. The summed E-state index contributed by atoms with van der Waals surface area (Å²) in [5.41, 5.74) is 8.00. The van der Waals surface area contributed by atoms with Crippen LogP contribution in [0.5, 0.6) is 5.75 Å². The number of alkyl halides is 1. The van der Waals surface area contributed by atoms with Crippen LogP contribution < -0.4 is 10.5 Å². The molecule has 1 aromatic carbocycles.